The van der Waals surface area contributed by atoms with Gasteiger partial charge in [0.2, 0.25) is 5.76 Å². The van der Waals surface area contributed by atoms with Gasteiger partial charge in [0.25, 0.3) is 0 Å². The fourth-order valence-electron chi connectivity index (χ4n) is 1.67. The van der Waals surface area contributed by atoms with Crippen LogP contribution in [-0.2, 0) is 0 Å². The molecule has 2 aromatic rings. The van der Waals surface area contributed by atoms with E-state index in [1.54, 1.807) is 18.2 Å². The van der Waals surface area contributed by atoms with Crippen molar-refractivity contribution in [3.8, 4) is 0 Å². The maximum atomic E-state index is 10.8. The van der Waals surface area contributed by atoms with Crippen LogP contribution in [0.25, 0.3) is 11.0 Å². The Bertz CT molecular complexity index is 577. The first-order valence-electron chi connectivity index (χ1n) is 5.26. The highest BCUT2D eigenvalue weighted by Crippen LogP contribution is 2.25. The predicted octanol–water partition coefficient (Wildman–Crippen LogP) is 1.46. The largest absolute Gasteiger partial charge is 0.475 e. The number of thiol groups is 1. The second-order valence-corrected chi connectivity index (χ2v) is 4.27. The van der Waals surface area contributed by atoms with Crippen molar-refractivity contribution >= 4 is 29.6 Å². The summed E-state index contributed by atoms with van der Waals surface area (Å²) in [5, 5.41) is 28.7. The van der Waals surface area contributed by atoms with Crippen molar-refractivity contribution in [3.05, 3.63) is 35.6 Å². The summed E-state index contributed by atoms with van der Waals surface area (Å²) in [4.78, 5) is 10.8. The van der Waals surface area contributed by atoms with Crippen LogP contribution in [0.15, 0.2) is 28.7 Å². The Kier molecular flexibility index (Phi) is 3.60. The number of hydrogen-bond donors (Lipinski definition) is 4. The zero-order valence-electron chi connectivity index (χ0n) is 9.28. The van der Waals surface area contributed by atoms with Gasteiger partial charge in [-0.25, -0.2) is 4.79 Å². The molecular weight excluding hydrogens is 256 g/mol. The van der Waals surface area contributed by atoms with Crippen LogP contribution >= 0.6 is 12.6 Å². The Hall–Kier alpha value is -1.50. The van der Waals surface area contributed by atoms with Crippen LogP contribution in [0.4, 0.5) is 0 Å². The van der Waals surface area contributed by atoms with Crippen molar-refractivity contribution in [2.45, 2.75) is 12.2 Å². The number of fused-ring (bicyclic) bond motifs is 1. The third-order valence-electron chi connectivity index (χ3n) is 2.64. The molecule has 96 valence electrons. The zero-order chi connectivity index (χ0) is 13.3. The van der Waals surface area contributed by atoms with E-state index >= 15 is 0 Å². The molecule has 0 bridgehead atoms. The second kappa shape index (κ2) is 5.01. The SMILES string of the molecule is O=C(O)c1cc2cc(C(O)C(O)CS)ccc2o1. The van der Waals surface area contributed by atoms with Crippen LogP contribution < -0.4 is 0 Å². The van der Waals surface area contributed by atoms with Gasteiger partial charge >= 0.3 is 5.97 Å². The first-order chi connectivity index (χ1) is 8.52. The average molecular weight is 268 g/mol. The van der Waals surface area contributed by atoms with Crippen molar-refractivity contribution < 1.29 is 24.5 Å². The summed E-state index contributed by atoms with van der Waals surface area (Å²) < 4.78 is 5.09. The number of hydrogen-bond acceptors (Lipinski definition) is 5. The standard InChI is InChI=1S/C12H12O5S/c13-8(5-18)11(14)6-1-2-9-7(3-6)4-10(17-9)12(15)16/h1-4,8,11,13-14,18H,5H2,(H,15,16). The van der Waals surface area contributed by atoms with E-state index in [1.165, 1.54) is 6.07 Å². The van der Waals surface area contributed by atoms with Crippen LogP contribution in [0.5, 0.6) is 0 Å². The van der Waals surface area contributed by atoms with Crippen molar-refractivity contribution in [2.75, 3.05) is 5.75 Å². The fourth-order valence-corrected chi connectivity index (χ4v) is 1.87. The number of carbonyl (C=O) groups is 1. The summed E-state index contributed by atoms with van der Waals surface area (Å²) in [7, 11) is 0. The molecular formula is C12H12O5S. The number of aromatic carboxylic acids is 1. The van der Waals surface area contributed by atoms with Crippen LogP contribution in [-0.4, -0.2) is 33.1 Å². The van der Waals surface area contributed by atoms with Crippen LogP contribution in [0.1, 0.15) is 22.2 Å². The van der Waals surface area contributed by atoms with Crippen LogP contribution in [0.2, 0.25) is 0 Å². The molecule has 0 radical (unpaired) electrons. The normalized spacial score (nSPS) is 14.6. The molecule has 0 aliphatic heterocycles. The highest BCUT2D eigenvalue weighted by Gasteiger charge is 2.18. The van der Waals surface area contributed by atoms with Gasteiger partial charge < -0.3 is 19.7 Å². The molecule has 5 nitrogen and oxygen atoms in total. The quantitative estimate of drug-likeness (QED) is 0.630. The summed E-state index contributed by atoms with van der Waals surface area (Å²) >= 11 is 3.90. The summed E-state index contributed by atoms with van der Waals surface area (Å²) in [5.41, 5.74) is 0.908. The van der Waals surface area contributed by atoms with Crippen LogP contribution in [0, 0.1) is 0 Å². The number of benzene rings is 1. The van der Waals surface area contributed by atoms with Crippen molar-refractivity contribution in [1.29, 1.82) is 0 Å². The lowest BCUT2D eigenvalue weighted by Crippen LogP contribution is -2.19. The van der Waals surface area contributed by atoms with Gasteiger partial charge in [-0.2, -0.15) is 12.6 Å². The summed E-state index contributed by atoms with van der Waals surface area (Å²) in [6.45, 7) is 0. The molecule has 2 unspecified atom stereocenters. The number of carboxylic acid groups (broad SMARTS) is 1. The minimum Gasteiger partial charge on any atom is -0.475 e. The van der Waals surface area contributed by atoms with Gasteiger partial charge in [0.15, 0.2) is 0 Å². The smallest absolute Gasteiger partial charge is 0.371 e. The summed E-state index contributed by atoms with van der Waals surface area (Å²) in [6.07, 6.45) is -2.04. The molecule has 2 atom stereocenters. The molecule has 0 saturated heterocycles. The van der Waals surface area contributed by atoms with Crippen molar-refractivity contribution in [2.24, 2.45) is 0 Å². The summed E-state index contributed by atoms with van der Waals surface area (Å²) in [5.74, 6) is -1.18. The molecule has 0 amide bonds. The van der Waals surface area contributed by atoms with E-state index in [4.69, 9.17) is 9.52 Å². The number of carboxylic acids is 1. The van der Waals surface area contributed by atoms with Crippen molar-refractivity contribution in [1.82, 2.24) is 0 Å². The monoisotopic (exact) mass is 268 g/mol. The first kappa shape index (κ1) is 12.9. The molecule has 3 N–H and O–H groups in total. The van der Waals surface area contributed by atoms with E-state index in [-0.39, 0.29) is 11.5 Å². The number of furan rings is 1. The number of rotatable bonds is 4. The molecule has 6 heteroatoms. The summed E-state index contributed by atoms with van der Waals surface area (Å²) in [6, 6.07) is 6.10. The van der Waals surface area contributed by atoms with Gasteiger partial charge in [0, 0.05) is 11.1 Å². The van der Waals surface area contributed by atoms with Gasteiger partial charge in [-0.3, -0.25) is 0 Å². The zero-order valence-corrected chi connectivity index (χ0v) is 10.2. The molecule has 0 saturated carbocycles. The minimum absolute atomic E-state index is 0.130. The van der Waals surface area contributed by atoms with Gasteiger partial charge in [-0.15, -0.1) is 0 Å². The van der Waals surface area contributed by atoms with E-state index in [9.17, 15) is 15.0 Å². The van der Waals surface area contributed by atoms with Gasteiger partial charge in [-0.05, 0) is 23.8 Å². The molecule has 0 aliphatic carbocycles. The Balaban J connectivity index is 2.40. The maximum Gasteiger partial charge on any atom is 0.371 e. The topological polar surface area (TPSA) is 90.9 Å². The molecule has 18 heavy (non-hydrogen) atoms. The van der Waals surface area contributed by atoms with Crippen molar-refractivity contribution in [3.63, 3.8) is 0 Å². The fraction of sp³-hybridized carbons (Fsp3) is 0.250. The predicted molar refractivity (Wildman–Crippen MR) is 68.0 cm³/mol. The molecule has 0 fully saturated rings. The molecule has 0 spiro atoms. The number of aliphatic hydroxyl groups excluding tert-OH is 2. The first-order valence-corrected chi connectivity index (χ1v) is 5.90. The lowest BCUT2D eigenvalue weighted by atomic mass is 10.0. The van der Waals surface area contributed by atoms with E-state index in [0.717, 1.165) is 0 Å². The van der Waals surface area contributed by atoms with E-state index in [0.29, 0.717) is 16.5 Å². The molecule has 1 aromatic carbocycles. The molecule has 0 aliphatic rings. The average Bonchev–Trinajstić information content (AvgIpc) is 2.79. The Morgan fingerprint density at radius 2 is 2.06 bits per heavy atom. The van der Waals surface area contributed by atoms with Crippen LogP contribution in [0.3, 0.4) is 0 Å². The maximum absolute atomic E-state index is 10.8. The second-order valence-electron chi connectivity index (χ2n) is 3.91. The van der Waals surface area contributed by atoms with E-state index < -0.39 is 18.2 Å². The number of aliphatic hydroxyl groups is 2. The third kappa shape index (κ3) is 2.35. The highest BCUT2D eigenvalue weighted by atomic mass is 32.1. The highest BCUT2D eigenvalue weighted by molar-refractivity contribution is 7.80. The third-order valence-corrected chi connectivity index (χ3v) is 3.02. The molecule has 2 rings (SSSR count). The lowest BCUT2D eigenvalue weighted by molar-refractivity contribution is 0.0338. The lowest BCUT2D eigenvalue weighted by Gasteiger charge is -2.15. The van der Waals surface area contributed by atoms with E-state index in [2.05, 4.69) is 12.6 Å². The van der Waals surface area contributed by atoms with Gasteiger partial charge in [0.05, 0.1) is 6.10 Å². The van der Waals surface area contributed by atoms with Gasteiger partial charge in [-0.1, -0.05) is 6.07 Å². The van der Waals surface area contributed by atoms with E-state index in [1.807, 2.05) is 0 Å². The molecule has 1 heterocycles. The Morgan fingerprint density at radius 1 is 1.33 bits per heavy atom. The minimum atomic E-state index is -1.15. The Labute approximate surface area is 108 Å². The molecule has 1 aromatic heterocycles. The Morgan fingerprint density at radius 3 is 2.67 bits per heavy atom. The van der Waals surface area contributed by atoms with Gasteiger partial charge in [0.1, 0.15) is 11.7 Å².